The first-order chi connectivity index (χ1) is 11.6. The largest absolute Gasteiger partial charge is 0.383 e. The fourth-order valence-corrected chi connectivity index (χ4v) is 2.17. The molecule has 8 nitrogen and oxygen atoms in total. The van der Waals surface area contributed by atoms with E-state index in [0.29, 0.717) is 11.4 Å². The van der Waals surface area contributed by atoms with Gasteiger partial charge in [0.1, 0.15) is 11.4 Å². The van der Waals surface area contributed by atoms with Crippen LogP contribution in [-0.4, -0.2) is 20.6 Å². The zero-order valence-electron chi connectivity index (χ0n) is 12.4. The normalized spacial score (nSPS) is 10.3. The first kappa shape index (κ1) is 15.2. The van der Waals surface area contributed by atoms with Crippen molar-refractivity contribution in [3.63, 3.8) is 0 Å². The Morgan fingerprint density at radius 3 is 2.42 bits per heavy atom. The van der Waals surface area contributed by atoms with Gasteiger partial charge in [0.2, 0.25) is 0 Å². The summed E-state index contributed by atoms with van der Waals surface area (Å²) >= 11 is 0. The van der Waals surface area contributed by atoms with E-state index in [2.05, 4.69) is 10.4 Å². The number of nitrogens with two attached hydrogens (primary N) is 1. The molecule has 2 aromatic carbocycles. The summed E-state index contributed by atoms with van der Waals surface area (Å²) in [6.07, 6.45) is 1.36. The number of non-ortho nitro benzene ring substituents is 1. The SMILES string of the molecule is Nc1c(C(=O)Nc2ccccc2)cnn1-c1ccc([N+](=O)[O-])cc1. The molecule has 24 heavy (non-hydrogen) atoms. The third-order valence-corrected chi connectivity index (χ3v) is 3.39. The van der Waals surface area contributed by atoms with Gasteiger partial charge in [-0.25, -0.2) is 4.68 Å². The average Bonchev–Trinajstić information content (AvgIpc) is 2.97. The number of anilines is 2. The lowest BCUT2D eigenvalue weighted by Gasteiger charge is -2.06. The molecule has 0 fully saturated rings. The number of nitro benzene ring substituents is 1. The lowest BCUT2D eigenvalue weighted by Crippen LogP contribution is -2.14. The van der Waals surface area contributed by atoms with Crippen LogP contribution in [0.15, 0.2) is 60.8 Å². The maximum atomic E-state index is 12.3. The number of nitrogen functional groups attached to an aromatic ring is 1. The lowest BCUT2D eigenvalue weighted by atomic mass is 10.2. The Hall–Kier alpha value is -3.68. The van der Waals surface area contributed by atoms with Crippen molar-refractivity contribution >= 4 is 23.1 Å². The van der Waals surface area contributed by atoms with E-state index >= 15 is 0 Å². The van der Waals surface area contributed by atoms with E-state index in [-0.39, 0.29) is 23.0 Å². The number of rotatable bonds is 4. The molecular weight excluding hydrogens is 310 g/mol. The second-order valence-electron chi connectivity index (χ2n) is 4.95. The quantitative estimate of drug-likeness (QED) is 0.565. The molecule has 120 valence electrons. The molecule has 8 heteroatoms. The van der Waals surface area contributed by atoms with E-state index in [1.807, 2.05) is 6.07 Å². The molecule has 0 aliphatic carbocycles. The second kappa shape index (κ2) is 6.21. The van der Waals surface area contributed by atoms with Crippen molar-refractivity contribution < 1.29 is 9.72 Å². The summed E-state index contributed by atoms with van der Waals surface area (Å²) in [5.41, 5.74) is 7.35. The van der Waals surface area contributed by atoms with E-state index in [1.165, 1.54) is 35.1 Å². The summed E-state index contributed by atoms with van der Waals surface area (Å²) < 4.78 is 1.35. The van der Waals surface area contributed by atoms with Crippen LogP contribution in [-0.2, 0) is 0 Å². The van der Waals surface area contributed by atoms with Crippen LogP contribution in [0.2, 0.25) is 0 Å². The molecule has 3 N–H and O–H groups in total. The van der Waals surface area contributed by atoms with Crippen LogP contribution in [0, 0.1) is 10.1 Å². The molecule has 1 aromatic heterocycles. The van der Waals surface area contributed by atoms with Crippen LogP contribution in [0.4, 0.5) is 17.2 Å². The van der Waals surface area contributed by atoms with E-state index < -0.39 is 4.92 Å². The number of nitrogens with one attached hydrogen (secondary N) is 1. The molecule has 3 rings (SSSR count). The molecule has 0 bridgehead atoms. The molecule has 0 atom stereocenters. The minimum atomic E-state index is -0.491. The monoisotopic (exact) mass is 323 g/mol. The number of carbonyl (C=O) groups excluding carboxylic acids is 1. The summed E-state index contributed by atoms with van der Waals surface area (Å²) in [5, 5.41) is 17.5. The van der Waals surface area contributed by atoms with Crippen molar-refractivity contribution in [2.24, 2.45) is 0 Å². The Kier molecular flexibility index (Phi) is 3.94. The predicted molar refractivity (Wildman–Crippen MR) is 89.0 cm³/mol. The van der Waals surface area contributed by atoms with Crippen molar-refractivity contribution in [2.75, 3.05) is 11.1 Å². The van der Waals surface area contributed by atoms with Crippen molar-refractivity contribution in [3.8, 4) is 5.69 Å². The number of hydrogen-bond donors (Lipinski definition) is 2. The summed E-state index contributed by atoms with van der Waals surface area (Å²) in [6.45, 7) is 0. The van der Waals surface area contributed by atoms with Crippen LogP contribution >= 0.6 is 0 Å². The molecule has 0 aliphatic heterocycles. The summed E-state index contributed by atoms with van der Waals surface area (Å²) in [6, 6.07) is 14.7. The number of carbonyl (C=O) groups is 1. The molecular formula is C16H13N5O3. The summed E-state index contributed by atoms with van der Waals surface area (Å²) in [4.78, 5) is 22.5. The number of aromatic nitrogens is 2. The van der Waals surface area contributed by atoms with Crippen molar-refractivity contribution in [1.82, 2.24) is 9.78 Å². The minimum absolute atomic E-state index is 0.0356. The molecule has 0 unspecified atom stereocenters. The lowest BCUT2D eigenvalue weighted by molar-refractivity contribution is -0.384. The fourth-order valence-electron chi connectivity index (χ4n) is 2.17. The number of hydrogen-bond acceptors (Lipinski definition) is 5. The first-order valence-corrected chi connectivity index (χ1v) is 7.01. The van der Waals surface area contributed by atoms with Gasteiger partial charge in [0.15, 0.2) is 0 Å². The number of para-hydroxylation sites is 1. The van der Waals surface area contributed by atoms with Gasteiger partial charge in [-0.2, -0.15) is 5.10 Å². The molecule has 0 saturated heterocycles. The van der Waals surface area contributed by atoms with Crippen LogP contribution < -0.4 is 11.1 Å². The van der Waals surface area contributed by atoms with Crippen LogP contribution in [0.3, 0.4) is 0 Å². The number of nitrogens with zero attached hydrogens (tertiary/aromatic N) is 3. The Bertz CT molecular complexity index is 888. The molecule has 3 aromatic rings. The highest BCUT2D eigenvalue weighted by Gasteiger charge is 2.16. The van der Waals surface area contributed by atoms with Gasteiger partial charge in [0.05, 0.1) is 16.8 Å². The standard InChI is InChI=1S/C16H13N5O3/c17-15-14(16(22)19-11-4-2-1-3-5-11)10-18-20(15)12-6-8-13(9-7-12)21(23)24/h1-10H,17H2,(H,19,22). The third-order valence-electron chi connectivity index (χ3n) is 3.39. The maximum absolute atomic E-state index is 12.3. The zero-order valence-corrected chi connectivity index (χ0v) is 12.4. The Labute approximate surface area is 136 Å². The smallest absolute Gasteiger partial charge is 0.269 e. The van der Waals surface area contributed by atoms with Gasteiger partial charge in [0, 0.05) is 17.8 Å². The van der Waals surface area contributed by atoms with E-state index in [9.17, 15) is 14.9 Å². The van der Waals surface area contributed by atoms with E-state index in [1.54, 1.807) is 24.3 Å². The van der Waals surface area contributed by atoms with Crippen molar-refractivity contribution in [3.05, 3.63) is 76.5 Å². The van der Waals surface area contributed by atoms with Gasteiger partial charge >= 0.3 is 0 Å². The highest BCUT2D eigenvalue weighted by atomic mass is 16.6. The number of amides is 1. The molecule has 0 aliphatic rings. The average molecular weight is 323 g/mol. The fraction of sp³-hybridized carbons (Fsp3) is 0. The van der Waals surface area contributed by atoms with E-state index in [4.69, 9.17) is 5.73 Å². The number of nitro groups is 1. The van der Waals surface area contributed by atoms with Crippen molar-refractivity contribution in [1.29, 1.82) is 0 Å². The van der Waals surface area contributed by atoms with Gasteiger partial charge in [0.25, 0.3) is 11.6 Å². The molecule has 1 amide bonds. The maximum Gasteiger partial charge on any atom is 0.269 e. The molecule has 0 saturated carbocycles. The highest BCUT2D eigenvalue weighted by Crippen LogP contribution is 2.20. The Morgan fingerprint density at radius 2 is 1.79 bits per heavy atom. The van der Waals surface area contributed by atoms with Gasteiger partial charge in [-0.05, 0) is 24.3 Å². The van der Waals surface area contributed by atoms with Crippen LogP contribution in [0.25, 0.3) is 5.69 Å². The Balaban J connectivity index is 1.85. The Morgan fingerprint density at radius 1 is 1.12 bits per heavy atom. The van der Waals surface area contributed by atoms with Gasteiger partial charge in [-0.15, -0.1) is 0 Å². The molecule has 1 heterocycles. The van der Waals surface area contributed by atoms with Crippen LogP contribution in [0.1, 0.15) is 10.4 Å². The third kappa shape index (κ3) is 2.93. The molecule has 0 radical (unpaired) electrons. The van der Waals surface area contributed by atoms with Gasteiger partial charge in [-0.1, -0.05) is 18.2 Å². The molecule has 0 spiro atoms. The zero-order chi connectivity index (χ0) is 17.1. The van der Waals surface area contributed by atoms with E-state index in [0.717, 1.165) is 0 Å². The second-order valence-corrected chi connectivity index (χ2v) is 4.95. The summed E-state index contributed by atoms with van der Waals surface area (Å²) in [7, 11) is 0. The van der Waals surface area contributed by atoms with Gasteiger partial charge in [-0.3, -0.25) is 14.9 Å². The van der Waals surface area contributed by atoms with Crippen LogP contribution in [0.5, 0.6) is 0 Å². The highest BCUT2D eigenvalue weighted by molar-refractivity contribution is 6.07. The van der Waals surface area contributed by atoms with Crippen molar-refractivity contribution in [2.45, 2.75) is 0 Å². The minimum Gasteiger partial charge on any atom is -0.383 e. The predicted octanol–water partition coefficient (Wildman–Crippen LogP) is 2.62. The first-order valence-electron chi connectivity index (χ1n) is 7.01. The summed E-state index contributed by atoms with van der Waals surface area (Å²) in [5.74, 6) is -0.232. The topological polar surface area (TPSA) is 116 Å². The number of benzene rings is 2. The van der Waals surface area contributed by atoms with Gasteiger partial charge < -0.3 is 11.1 Å².